The lowest BCUT2D eigenvalue weighted by molar-refractivity contribution is 0.487. The van der Waals surface area contributed by atoms with Crippen LogP contribution in [-0.2, 0) is 0 Å². The van der Waals surface area contributed by atoms with Crippen LogP contribution in [0.5, 0.6) is 11.5 Å². The molecule has 44 heavy (non-hydrogen) atoms. The van der Waals surface area contributed by atoms with Gasteiger partial charge in [0.25, 0.3) is 0 Å². The zero-order valence-electron chi connectivity index (χ0n) is 23.7. The van der Waals surface area contributed by atoms with E-state index in [2.05, 4.69) is 133 Å². The van der Waals surface area contributed by atoms with Crippen LogP contribution in [0.25, 0.3) is 87.6 Å². The number of fused-ring (bicyclic) bond motifs is 7. The molecule has 8 aromatic carbocycles. The second-order valence-corrected chi connectivity index (χ2v) is 11.6. The number of hydrogen-bond donors (Lipinski definition) is 0. The van der Waals surface area contributed by atoms with E-state index in [1.165, 1.54) is 54.7 Å². The highest BCUT2D eigenvalue weighted by Gasteiger charge is 2.24. The highest BCUT2D eigenvalue weighted by Crippen LogP contribution is 2.52. The van der Waals surface area contributed by atoms with E-state index in [1.807, 2.05) is 12.1 Å². The van der Waals surface area contributed by atoms with Gasteiger partial charge in [0.1, 0.15) is 22.7 Å². The standard InChI is InChI=1S/C42H24O2/c1-3-14-28-26(12-1)39(32-24-23-31-25-11-5-7-19-35(25)43-37-21-9-17-30(32)41(31)37)27-13-2-4-15-29(27)40(28)34-18-10-22-38-42(34)33-16-6-8-20-36(33)44-38/h1-24H. The van der Waals surface area contributed by atoms with Crippen molar-refractivity contribution in [3.05, 3.63) is 146 Å². The summed E-state index contributed by atoms with van der Waals surface area (Å²) in [6.07, 6.45) is 0. The molecule has 0 spiro atoms. The van der Waals surface area contributed by atoms with E-state index in [0.29, 0.717) is 0 Å². The lowest BCUT2D eigenvalue weighted by Crippen LogP contribution is -1.98. The molecule has 0 saturated heterocycles. The Hall–Kier alpha value is -5.86. The minimum atomic E-state index is 0.904. The van der Waals surface area contributed by atoms with Crippen LogP contribution < -0.4 is 4.74 Å². The molecule has 1 aliphatic heterocycles. The van der Waals surface area contributed by atoms with E-state index < -0.39 is 0 Å². The molecule has 1 aliphatic rings. The number of ether oxygens (including phenoxy) is 1. The van der Waals surface area contributed by atoms with Crippen molar-refractivity contribution in [1.29, 1.82) is 0 Å². The van der Waals surface area contributed by atoms with Gasteiger partial charge in [0.15, 0.2) is 0 Å². The maximum atomic E-state index is 6.45. The van der Waals surface area contributed by atoms with Gasteiger partial charge in [-0.2, -0.15) is 0 Å². The Bertz CT molecular complexity index is 2580. The average Bonchev–Trinajstić information content (AvgIpc) is 3.47. The maximum Gasteiger partial charge on any atom is 0.136 e. The largest absolute Gasteiger partial charge is 0.456 e. The quantitative estimate of drug-likeness (QED) is 0.196. The fourth-order valence-electron chi connectivity index (χ4n) is 7.49. The first-order valence-corrected chi connectivity index (χ1v) is 15.0. The molecule has 1 aromatic heterocycles. The summed E-state index contributed by atoms with van der Waals surface area (Å²) in [4.78, 5) is 0. The molecule has 10 rings (SSSR count). The Morgan fingerprint density at radius 2 is 0.818 bits per heavy atom. The topological polar surface area (TPSA) is 22.4 Å². The molecular weight excluding hydrogens is 536 g/mol. The summed E-state index contributed by atoms with van der Waals surface area (Å²) in [5.41, 5.74) is 9.03. The molecule has 0 fully saturated rings. The predicted molar refractivity (Wildman–Crippen MR) is 183 cm³/mol. The molecule has 0 atom stereocenters. The van der Waals surface area contributed by atoms with Crippen molar-refractivity contribution in [2.45, 2.75) is 0 Å². The molecule has 0 saturated carbocycles. The molecule has 0 aliphatic carbocycles. The Labute approximate surface area is 253 Å². The second kappa shape index (κ2) is 8.82. The van der Waals surface area contributed by atoms with Gasteiger partial charge in [-0.3, -0.25) is 0 Å². The van der Waals surface area contributed by atoms with Crippen LogP contribution in [0.15, 0.2) is 150 Å². The van der Waals surface area contributed by atoms with Crippen LogP contribution in [0, 0.1) is 0 Å². The number of para-hydroxylation sites is 2. The molecule has 0 radical (unpaired) electrons. The summed E-state index contributed by atoms with van der Waals surface area (Å²) >= 11 is 0. The van der Waals surface area contributed by atoms with Crippen molar-refractivity contribution in [2.24, 2.45) is 0 Å². The number of furan rings is 1. The minimum absolute atomic E-state index is 0.904. The second-order valence-electron chi connectivity index (χ2n) is 11.6. The first-order chi connectivity index (χ1) is 21.8. The number of benzene rings is 8. The highest BCUT2D eigenvalue weighted by molar-refractivity contribution is 6.27. The van der Waals surface area contributed by atoms with E-state index in [0.717, 1.165) is 44.4 Å². The summed E-state index contributed by atoms with van der Waals surface area (Å²) in [7, 11) is 0. The predicted octanol–water partition coefficient (Wildman–Crippen LogP) is 12.2. The summed E-state index contributed by atoms with van der Waals surface area (Å²) in [5, 5.41) is 9.55. The molecule has 2 heterocycles. The third-order valence-corrected chi connectivity index (χ3v) is 9.27. The van der Waals surface area contributed by atoms with Crippen molar-refractivity contribution >= 4 is 54.3 Å². The molecule has 0 unspecified atom stereocenters. The summed E-state index contributed by atoms with van der Waals surface area (Å²) in [5.74, 6) is 1.81. The van der Waals surface area contributed by atoms with Crippen LogP contribution in [0.3, 0.4) is 0 Å². The van der Waals surface area contributed by atoms with Gasteiger partial charge in [0.05, 0.1) is 0 Å². The first-order valence-electron chi connectivity index (χ1n) is 15.0. The van der Waals surface area contributed by atoms with Crippen LogP contribution in [0.4, 0.5) is 0 Å². The fourth-order valence-corrected chi connectivity index (χ4v) is 7.49. The van der Waals surface area contributed by atoms with E-state index in [1.54, 1.807) is 0 Å². The van der Waals surface area contributed by atoms with Crippen LogP contribution in [0.1, 0.15) is 0 Å². The molecule has 204 valence electrons. The monoisotopic (exact) mass is 560 g/mol. The van der Waals surface area contributed by atoms with E-state index in [4.69, 9.17) is 9.15 Å². The third-order valence-electron chi connectivity index (χ3n) is 9.27. The highest BCUT2D eigenvalue weighted by atomic mass is 16.5. The smallest absolute Gasteiger partial charge is 0.136 e. The summed E-state index contributed by atoms with van der Waals surface area (Å²) in [6.45, 7) is 0. The lowest BCUT2D eigenvalue weighted by Gasteiger charge is -2.24. The van der Waals surface area contributed by atoms with Crippen molar-refractivity contribution in [2.75, 3.05) is 0 Å². The fraction of sp³-hybridized carbons (Fsp3) is 0. The molecule has 0 amide bonds. The van der Waals surface area contributed by atoms with Gasteiger partial charge in [-0.1, -0.05) is 121 Å². The van der Waals surface area contributed by atoms with E-state index >= 15 is 0 Å². The van der Waals surface area contributed by atoms with Crippen molar-refractivity contribution in [3.8, 4) is 44.9 Å². The summed E-state index contributed by atoms with van der Waals surface area (Å²) < 4.78 is 12.8. The van der Waals surface area contributed by atoms with Crippen molar-refractivity contribution in [3.63, 3.8) is 0 Å². The minimum Gasteiger partial charge on any atom is -0.456 e. The van der Waals surface area contributed by atoms with Crippen LogP contribution in [-0.4, -0.2) is 0 Å². The van der Waals surface area contributed by atoms with Crippen molar-refractivity contribution < 1.29 is 9.15 Å². The normalized spacial score (nSPS) is 12.3. The van der Waals surface area contributed by atoms with Crippen molar-refractivity contribution in [1.82, 2.24) is 0 Å². The molecule has 9 aromatic rings. The van der Waals surface area contributed by atoms with Gasteiger partial charge < -0.3 is 9.15 Å². The van der Waals surface area contributed by atoms with E-state index in [-0.39, 0.29) is 0 Å². The Balaban J connectivity index is 1.35. The van der Waals surface area contributed by atoms with Gasteiger partial charge >= 0.3 is 0 Å². The third kappa shape index (κ3) is 3.14. The van der Waals surface area contributed by atoms with Gasteiger partial charge in [-0.25, -0.2) is 0 Å². The first kappa shape index (κ1) is 23.7. The maximum absolute atomic E-state index is 6.45. The molecular formula is C42H24O2. The van der Waals surface area contributed by atoms with Gasteiger partial charge in [0.2, 0.25) is 0 Å². The molecule has 2 nitrogen and oxygen atoms in total. The van der Waals surface area contributed by atoms with Gasteiger partial charge in [-0.15, -0.1) is 0 Å². The van der Waals surface area contributed by atoms with Crippen LogP contribution in [0.2, 0.25) is 0 Å². The molecule has 2 heteroatoms. The van der Waals surface area contributed by atoms with Crippen LogP contribution >= 0.6 is 0 Å². The van der Waals surface area contributed by atoms with Gasteiger partial charge in [-0.05, 0) is 79.0 Å². The molecule has 0 bridgehead atoms. The lowest BCUT2D eigenvalue weighted by atomic mass is 9.82. The summed E-state index contributed by atoms with van der Waals surface area (Å²) in [6, 6.07) is 51.8. The zero-order valence-corrected chi connectivity index (χ0v) is 23.7. The van der Waals surface area contributed by atoms with Gasteiger partial charge in [0, 0.05) is 21.7 Å². The van der Waals surface area contributed by atoms with E-state index in [9.17, 15) is 0 Å². The molecule has 0 N–H and O–H groups in total. The Morgan fingerprint density at radius 3 is 1.59 bits per heavy atom. The number of rotatable bonds is 2. The Kier molecular flexibility index (Phi) is 4.75. The zero-order chi connectivity index (χ0) is 28.8. The SMILES string of the molecule is c1ccc2c(c1)Oc1cccc3c(-c4c5ccccc5c(-c5cccc6oc7ccccc7c56)c5ccccc45)ccc-2c13. The Morgan fingerprint density at radius 1 is 0.295 bits per heavy atom. The number of hydrogen-bond acceptors (Lipinski definition) is 2. The average molecular weight is 561 g/mol.